The third-order valence-electron chi connectivity index (χ3n) is 4.54. The maximum atomic E-state index is 13.9. The summed E-state index contributed by atoms with van der Waals surface area (Å²) in [6.07, 6.45) is 0.689. The number of rotatable bonds is 4. The van der Waals surface area contributed by atoms with Crippen molar-refractivity contribution < 1.29 is 17.6 Å². The largest absolute Gasteiger partial charge is 0.326 e. The summed E-state index contributed by atoms with van der Waals surface area (Å²) in [6, 6.07) is 13.9. The van der Waals surface area contributed by atoms with Crippen molar-refractivity contribution in [3.8, 4) is 6.07 Å². The van der Waals surface area contributed by atoms with E-state index in [1.807, 2.05) is 6.07 Å². The summed E-state index contributed by atoms with van der Waals surface area (Å²) in [6.45, 7) is 0.292. The van der Waals surface area contributed by atoms with Crippen LogP contribution in [0.3, 0.4) is 0 Å². The zero-order valence-electron chi connectivity index (χ0n) is 14.4. The standard InChI is InChI=1S/C19H18FN3O3S/c20-17-6-1-2-7-18(17)27(25,26)23-10-8-15(9-11-23)19(24)22-16-5-3-4-14(12-16)13-21/h1-7,12,15H,8-11H2,(H,22,24). The number of halogens is 1. The topological polar surface area (TPSA) is 90.3 Å². The highest BCUT2D eigenvalue weighted by molar-refractivity contribution is 7.89. The highest BCUT2D eigenvalue weighted by atomic mass is 32.2. The number of carbonyl (C=O) groups is 1. The molecule has 1 N–H and O–H groups in total. The maximum absolute atomic E-state index is 13.9. The van der Waals surface area contributed by atoms with Crippen molar-refractivity contribution in [2.75, 3.05) is 18.4 Å². The fourth-order valence-electron chi connectivity index (χ4n) is 3.06. The second kappa shape index (κ2) is 7.86. The Morgan fingerprint density at radius 3 is 2.52 bits per heavy atom. The van der Waals surface area contributed by atoms with Gasteiger partial charge in [-0.1, -0.05) is 18.2 Å². The molecule has 1 saturated heterocycles. The van der Waals surface area contributed by atoms with Gasteiger partial charge in [-0.15, -0.1) is 0 Å². The van der Waals surface area contributed by atoms with E-state index in [0.29, 0.717) is 24.1 Å². The number of anilines is 1. The van der Waals surface area contributed by atoms with Gasteiger partial charge in [-0.3, -0.25) is 4.79 Å². The van der Waals surface area contributed by atoms with Crippen LogP contribution >= 0.6 is 0 Å². The molecule has 0 spiro atoms. The number of piperidine rings is 1. The molecule has 2 aromatic carbocycles. The van der Waals surface area contributed by atoms with E-state index in [1.54, 1.807) is 24.3 Å². The van der Waals surface area contributed by atoms with E-state index in [4.69, 9.17) is 5.26 Å². The first-order valence-corrected chi connectivity index (χ1v) is 9.91. The fourth-order valence-corrected chi connectivity index (χ4v) is 4.60. The van der Waals surface area contributed by atoms with Crippen molar-refractivity contribution in [3.63, 3.8) is 0 Å². The SMILES string of the molecule is N#Cc1cccc(NC(=O)C2CCN(S(=O)(=O)c3ccccc3F)CC2)c1. The Balaban J connectivity index is 1.64. The Kier molecular flexibility index (Phi) is 5.54. The predicted molar refractivity (Wildman–Crippen MR) is 97.7 cm³/mol. The van der Waals surface area contributed by atoms with Crippen molar-refractivity contribution in [1.82, 2.24) is 4.31 Å². The van der Waals surface area contributed by atoms with Crippen LogP contribution in [0.4, 0.5) is 10.1 Å². The van der Waals surface area contributed by atoms with Crippen LogP contribution in [0.15, 0.2) is 53.4 Å². The minimum atomic E-state index is -3.92. The van der Waals surface area contributed by atoms with Crippen molar-refractivity contribution >= 4 is 21.6 Å². The molecule has 1 aliphatic rings. The lowest BCUT2D eigenvalue weighted by atomic mass is 9.97. The molecule has 1 heterocycles. The van der Waals surface area contributed by atoms with Gasteiger partial charge >= 0.3 is 0 Å². The molecule has 8 heteroatoms. The van der Waals surface area contributed by atoms with Gasteiger partial charge in [0, 0.05) is 24.7 Å². The van der Waals surface area contributed by atoms with Gasteiger partial charge in [0.15, 0.2) is 0 Å². The highest BCUT2D eigenvalue weighted by Crippen LogP contribution is 2.26. The molecule has 27 heavy (non-hydrogen) atoms. The van der Waals surface area contributed by atoms with E-state index in [0.717, 1.165) is 6.07 Å². The van der Waals surface area contributed by atoms with Gasteiger partial charge < -0.3 is 5.32 Å². The summed E-state index contributed by atoms with van der Waals surface area (Å²) in [5, 5.41) is 11.7. The predicted octanol–water partition coefficient (Wildman–Crippen LogP) is 2.74. The summed E-state index contributed by atoms with van der Waals surface area (Å²) in [5.74, 6) is -1.34. The summed E-state index contributed by atoms with van der Waals surface area (Å²) in [5.41, 5.74) is 0.971. The summed E-state index contributed by atoms with van der Waals surface area (Å²) in [4.78, 5) is 12.1. The Morgan fingerprint density at radius 1 is 1.15 bits per heavy atom. The van der Waals surface area contributed by atoms with E-state index in [1.165, 1.54) is 22.5 Å². The molecule has 0 bridgehead atoms. The molecule has 0 saturated carbocycles. The fraction of sp³-hybridized carbons (Fsp3) is 0.263. The zero-order valence-corrected chi connectivity index (χ0v) is 15.2. The van der Waals surface area contributed by atoms with Crippen molar-refractivity contribution in [3.05, 3.63) is 59.9 Å². The van der Waals surface area contributed by atoms with Gasteiger partial charge in [0.1, 0.15) is 10.7 Å². The van der Waals surface area contributed by atoms with Gasteiger partial charge in [-0.2, -0.15) is 9.57 Å². The van der Waals surface area contributed by atoms with Crippen LogP contribution in [-0.2, 0) is 14.8 Å². The normalized spacial score (nSPS) is 15.9. The highest BCUT2D eigenvalue weighted by Gasteiger charge is 2.33. The Hall–Kier alpha value is -2.76. The first kappa shape index (κ1) is 19.0. The number of sulfonamides is 1. The molecule has 0 radical (unpaired) electrons. The first-order chi connectivity index (χ1) is 12.9. The molecular formula is C19H18FN3O3S. The average molecular weight is 387 g/mol. The number of hydrogen-bond donors (Lipinski definition) is 1. The molecule has 1 fully saturated rings. The van der Waals surface area contributed by atoms with Gasteiger partial charge in [-0.25, -0.2) is 12.8 Å². The van der Waals surface area contributed by atoms with Gasteiger partial charge in [0.25, 0.3) is 0 Å². The molecule has 1 amide bonds. The molecule has 0 atom stereocenters. The van der Waals surface area contributed by atoms with Crippen LogP contribution in [0, 0.1) is 23.1 Å². The number of amides is 1. The quantitative estimate of drug-likeness (QED) is 0.873. The smallest absolute Gasteiger partial charge is 0.245 e. The number of benzene rings is 2. The Bertz CT molecular complexity index is 993. The van der Waals surface area contributed by atoms with Crippen LogP contribution in [0.5, 0.6) is 0 Å². The van der Waals surface area contributed by atoms with E-state index >= 15 is 0 Å². The number of nitrogens with zero attached hydrogens (tertiary/aromatic N) is 2. The number of hydrogen-bond acceptors (Lipinski definition) is 4. The lowest BCUT2D eigenvalue weighted by Crippen LogP contribution is -2.41. The summed E-state index contributed by atoms with van der Waals surface area (Å²) < 4.78 is 40.3. The minimum absolute atomic E-state index is 0.146. The number of nitrogens with one attached hydrogen (secondary N) is 1. The van der Waals surface area contributed by atoms with Crippen molar-refractivity contribution in [2.45, 2.75) is 17.7 Å². The lowest BCUT2D eigenvalue weighted by Gasteiger charge is -2.30. The van der Waals surface area contributed by atoms with Gasteiger partial charge in [-0.05, 0) is 43.2 Å². The molecule has 2 aromatic rings. The molecule has 6 nitrogen and oxygen atoms in total. The van der Waals surface area contributed by atoms with E-state index in [2.05, 4.69) is 5.32 Å². The number of carbonyl (C=O) groups excluding carboxylic acids is 1. The van der Waals surface area contributed by atoms with Crippen LogP contribution in [0.25, 0.3) is 0 Å². The molecule has 1 aliphatic heterocycles. The van der Waals surface area contributed by atoms with Crippen LogP contribution < -0.4 is 5.32 Å². The molecule has 140 valence electrons. The summed E-state index contributed by atoms with van der Waals surface area (Å²) >= 11 is 0. The van der Waals surface area contributed by atoms with E-state index in [9.17, 15) is 17.6 Å². The monoisotopic (exact) mass is 387 g/mol. The molecule has 0 aliphatic carbocycles. The third kappa shape index (κ3) is 4.15. The molecule has 3 rings (SSSR count). The molecule has 0 aromatic heterocycles. The van der Waals surface area contributed by atoms with Crippen LogP contribution in [0.1, 0.15) is 18.4 Å². The zero-order chi connectivity index (χ0) is 19.4. The third-order valence-corrected chi connectivity index (χ3v) is 6.47. The van der Waals surface area contributed by atoms with Gasteiger partial charge in [0.2, 0.25) is 15.9 Å². The van der Waals surface area contributed by atoms with E-state index < -0.39 is 15.8 Å². The van der Waals surface area contributed by atoms with Crippen LogP contribution in [-0.4, -0.2) is 31.7 Å². The maximum Gasteiger partial charge on any atom is 0.245 e. The minimum Gasteiger partial charge on any atom is -0.326 e. The molecule has 0 unspecified atom stereocenters. The lowest BCUT2D eigenvalue weighted by molar-refractivity contribution is -0.120. The van der Waals surface area contributed by atoms with Crippen molar-refractivity contribution in [1.29, 1.82) is 5.26 Å². The second-order valence-corrected chi connectivity index (χ2v) is 8.20. The first-order valence-electron chi connectivity index (χ1n) is 8.47. The average Bonchev–Trinajstić information content (AvgIpc) is 2.68. The second-order valence-electron chi connectivity index (χ2n) is 6.29. The van der Waals surface area contributed by atoms with Crippen molar-refractivity contribution in [2.24, 2.45) is 5.92 Å². The van der Waals surface area contributed by atoms with Gasteiger partial charge in [0.05, 0.1) is 11.6 Å². The van der Waals surface area contributed by atoms with Crippen LogP contribution in [0.2, 0.25) is 0 Å². The van der Waals surface area contributed by atoms with E-state index in [-0.39, 0.29) is 29.8 Å². The number of nitriles is 1. The Labute approximate surface area is 157 Å². The molecular weight excluding hydrogens is 369 g/mol. The Morgan fingerprint density at radius 2 is 1.85 bits per heavy atom. The summed E-state index contributed by atoms with van der Waals surface area (Å²) in [7, 11) is -3.92.